The van der Waals surface area contributed by atoms with Gasteiger partial charge < -0.3 is 5.32 Å². The molecule has 0 spiro atoms. The molecule has 6 heteroatoms. The fourth-order valence-corrected chi connectivity index (χ4v) is 1.68. The van der Waals surface area contributed by atoms with Crippen molar-refractivity contribution in [2.24, 2.45) is 0 Å². The molecule has 90 valence electrons. The van der Waals surface area contributed by atoms with E-state index in [4.69, 9.17) is 0 Å². The number of nitrogens with one attached hydrogen (secondary N) is 2. The van der Waals surface area contributed by atoms with Gasteiger partial charge in [0.2, 0.25) is 11.8 Å². The first kappa shape index (κ1) is 11.7. The highest BCUT2D eigenvalue weighted by atomic mass is 19.1. The Morgan fingerprint density at radius 3 is 3.00 bits per heavy atom. The SMILES string of the molecule is O=C1CCC(NCc2cncc(F)c2)C(=O)N1. The number of aromatic nitrogens is 1. The van der Waals surface area contributed by atoms with E-state index >= 15 is 0 Å². The minimum atomic E-state index is -0.410. The zero-order valence-corrected chi connectivity index (χ0v) is 9.07. The Bertz CT molecular complexity index is 450. The van der Waals surface area contributed by atoms with E-state index in [9.17, 15) is 14.0 Å². The standard InChI is InChI=1S/C11H12FN3O2/c12-8-3-7(4-13-6-8)5-14-9-1-2-10(16)15-11(9)17/h3-4,6,9,14H,1-2,5H2,(H,15,16,17). The van der Waals surface area contributed by atoms with Crippen LogP contribution in [0.15, 0.2) is 18.5 Å². The molecule has 17 heavy (non-hydrogen) atoms. The third kappa shape index (κ3) is 3.07. The first-order chi connectivity index (χ1) is 8.15. The molecule has 1 unspecified atom stereocenters. The van der Waals surface area contributed by atoms with E-state index < -0.39 is 11.9 Å². The third-order valence-corrected chi connectivity index (χ3v) is 2.55. The number of nitrogens with zero attached hydrogens (tertiary/aromatic N) is 1. The van der Waals surface area contributed by atoms with Gasteiger partial charge in [0, 0.05) is 19.2 Å². The van der Waals surface area contributed by atoms with Crippen molar-refractivity contribution in [2.75, 3.05) is 0 Å². The molecular formula is C11H12FN3O2. The minimum Gasteiger partial charge on any atom is -0.302 e. The Morgan fingerprint density at radius 1 is 1.47 bits per heavy atom. The third-order valence-electron chi connectivity index (χ3n) is 2.55. The highest BCUT2D eigenvalue weighted by Crippen LogP contribution is 2.06. The van der Waals surface area contributed by atoms with Crippen LogP contribution in [0.5, 0.6) is 0 Å². The zero-order valence-electron chi connectivity index (χ0n) is 9.07. The number of carbonyl (C=O) groups is 2. The molecule has 2 rings (SSSR count). The van der Waals surface area contributed by atoms with Crippen molar-refractivity contribution in [1.29, 1.82) is 0 Å². The molecular weight excluding hydrogens is 225 g/mol. The Hall–Kier alpha value is -1.82. The Kier molecular flexibility index (Phi) is 3.43. The van der Waals surface area contributed by atoms with Crippen molar-refractivity contribution in [3.63, 3.8) is 0 Å². The molecule has 0 saturated carbocycles. The number of pyridine rings is 1. The summed E-state index contributed by atoms with van der Waals surface area (Å²) in [7, 11) is 0. The topological polar surface area (TPSA) is 71.1 Å². The van der Waals surface area contributed by atoms with Gasteiger partial charge in [-0.1, -0.05) is 0 Å². The van der Waals surface area contributed by atoms with Crippen molar-refractivity contribution >= 4 is 11.8 Å². The predicted octanol–water partition coefficient (Wildman–Crippen LogP) is 0.115. The smallest absolute Gasteiger partial charge is 0.243 e. The molecule has 1 aromatic rings. The zero-order chi connectivity index (χ0) is 12.3. The van der Waals surface area contributed by atoms with E-state index in [0.29, 0.717) is 24.9 Å². The summed E-state index contributed by atoms with van der Waals surface area (Å²) < 4.78 is 12.8. The lowest BCUT2D eigenvalue weighted by Gasteiger charge is -2.21. The second-order valence-electron chi connectivity index (χ2n) is 3.90. The van der Waals surface area contributed by atoms with Gasteiger partial charge in [-0.15, -0.1) is 0 Å². The van der Waals surface area contributed by atoms with Gasteiger partial charge in [0.05, 0.1) is 12.2 Å². The van der Waals surface area contributed by atoms with Crippen LogP contribution >= 0.6 is 0 Å². The maximum atomic E-state index is 12.8. The molecule has 5 nitrogen and oxygen atoms in total. The number of carbonyl (C=O) groups excluding carboxylic acids is 2. The Labute approximate surface area is 97.4 Å². The van der Waals surface area contributed by atoms with E-state index in [1.165, 1.54) is 12.3 Å². The maximum absolute atomic E-state index is 12.8. The molecule has 2 N–H and O–H groups in total. The van der Waals surface area contributed by atoms with Crippen LogP contribution in [0.2, 0.25) is 0 Å². The monoisotopic (exact) mass is 237 g/mol. The molecule has 1 saturated heterocycles. The van der Waals surface area contributed by atoms with E-state index in [2.05, 4.69) is 15.6 Å². The van der Waals surface area contributed by atoms with Crippen LogP contribution in [0.4, 0.5) is 4.39 Å². The van der Waals surface area contributed by atoms with Crippen LogP contribution in [-0.2, 0) is 16.1 Å². The molecule has 0 radical (unpaired) electrons. The van der Waals surface area contributed by atoms with Crippen LogP contribution in [0.1, 0.15) is 18.4 Å². The van der Waals surface area contributed by atoms with Gasteiger partial charge >= 0.3 is 0 Å². The quantitative estimate of drug-likeness (QED) is 0.732. The molecule has 1 aromatic heterocycles. The van der Waals surface area contributed by atoms with Gasteiger partial charge in [-0.3, -0.25) is 19.9 Å². The fourth-order valence-electron chi connectivity index (χ4n) is 1.68. The number of piperidine rings is 1. The van der Waals surface area contributed by atoms with E-state index in [0.717, 1.165) is 6.20 Å². The average Bonchev–Trinajstić information content (AvgIpc) is 2.28. The molecule has 0 aliphatic carbocycles. The van der Waals surface area contributed by atoms with Crippen LogP contribution in [0.3, 0.4) is 0 Å². The lowest BCUT2D eigenvalue weighted by atomic mass is 10.1. The lowest BCUT2D eigenvalue weighted by Crippen LogP contribution is -2.50. The van der Waals surface area contributed by atoms with Crippen LogP contribution in [0, 0.1) is 5.82 Å². The highest BCUT2D eigenvalue weighted by molar-refractivity contribution is 6.00. The molecule has 1 aliphatic rings. The van der Waals surface area contributed by atoms with E-state index in [1.54, 1.807) is 0 Å². The van der Waals surface area contributed by atoms with Gasteiger partial charge in [0.1, 0.15) is 5.82 Å². The van der Waals surface area contributed by atoms with Gasteiger partial charge in [0.15, 0.2) is 0 Å². The summed E-state index contributed by atoms with van der Waals surface area (Å²) in [5.41, 5.74) is 0.662. The van der Waals surface area contributed by atoms with Crippen molar-refractivity contribution in [3.05, 3.63) is 29.8 Å². The van der Waals surface area contributed by atoms with Gasteiger partial charge in [-0.05, 0) is 18.1 Å². The van der Waals surface area contributed by atoms with Crippen LogP contribution in [0.25, 0.3) is 0 Å². The summed E-state index contributed by atoms with van der Waals surface area (Å²) in [4.78, 5) is 26.0. The summed E-state index contributed by atoms with van der Waals surface area (Å²) in [6, 6.07) is 0.947. The van der Waals surface area contributed by atoms with Crippen molar-refractivity contribution in [2.45, 2.75) is 25.4 Å². The Balaban J connectivity index is 1.90. The maximum Gasteiger partial charge on any atom is 0.243 e. The number of amides is 2. The van der Waals surface area contributed by atoms with E-state index in [1.807, 2.05) is 0 Å². The fraction of sp³-hybridized carbons (Fsp3) is 0.364. The highest BCUT2D eigenvalue weighted by Gasteiger charge is 2.25. The molecule has 1 atom stereocenters. The molecule has 0 aromatic carbocycles. The lowest BCUT2D eigenvalue weighted by molar-refractivity contribution is -0.134. The normalized spacial score (nSPS) is 20.2. The largest absolute Gasteiger partial charge is 0.302 e. The van der Waals surface area contributed by atoms with Crippen molar-refractivity contribution < 1.29 is 14.0 Å². The molecule has 1 fully saturated rings. The van der Waals surface area contributed by atoms with Crippen LogP contribution < -0.4 is 10.6 Å². The second kappa shape index (κ2) is 5.01. The van der Waals surface area contributed by atoms with E-state index in [-0.39, 0.29) is 11.8 Å². The number of hydrogen-bond acceptors (Lipinski definition) is 4. The number of imide groups is 1. The number of rotatable bonds is 3. The van der Waals surface area contributed by atoms with Crippen LogP contribution in [-0.4, -0.2) is 22.8 Å². The number of hydrogen-bond donors (Lipinski definition) is 2. The summed E-state index contributed by atoms with van der Waals surface area (Å²) in [5, 5.41) is 5.21. The first-order valence-electron chi connectivity index (χ1n) is 5.31. The van der Waals surface area contributed by atoms with Crippen molar-refractivity contribution in [3.8, 4) is 0 Å². The molecule has 2 heterocycles. The molecule has 2 amide bonds. The summed E-state index contributed by atoms with van der Waals surface area (Å²) in [6.07, 6.45) is 3.44. The predicted molar refractivity (Wildman–Crippen MR) is 57.2 cm³/mol. The summed E-state index contributed by atoms with van der Waals surface area (Å²) in [6.45, 7) is 0.344. The number of halogens is 1. The Morgan fingerprint density at radius 2 is 2.29 bits per heavy atom. The minimum absolute atomic E-state index is 0.250. The molecule has 0 bridgehead atoms. The second-order valence-corrected chi connectivity index (χ2v) is 3.90. The van der Waals surface area contributed by atoms with Gasteiger partial charge in [0.25, 0.3) is 0 Å². The molecule has 1 aliphatic heterocycles. The van der Waals surface area contributed by atoms with Gasteiger partial charge in [-0.2, -0.15) is 0 Å². The average molecular weight is 237 g/mol. The first-order valence-corrected chi connectivity index (χ1v) is 5.31. The summed E-state index contributed by atoms with van der Waals surface area (Å²) in [5.74, 6) is -0.987. The van der Waals surface area contributed by atoms with Gasteiger partial charge in [-0.25, -0.2) is 4.39 Å². The van der Waals surface area contributed by atoms with Crippen molar-refractivity contribution in [1.82, 2.24) is 15.6 Å². The summed E-state index contributed by atoms with van der Waals surface area (Å²) >= 11 is 0.